The van der Waals surface area contributed by atoms with E-state index in [0.29, 0.717) is 18.0 Å². The maximum atomic E-state index is 6.23. The quantitative estimate of drug-likeness (QED) is 0.878. The number of nitrogens with one attached hydrogen (secondary N) is 1. The topological polar surface area (TPSA) is 15.3 Å². The fraction of sp³-hybridized carbons (Fsp3) is 0.600. The van der Waals surface area contributed by atoms with Gasteiger partial charge in [0, 0.05) is 25.2 Å². The summed E-state index contributed by atoms with van der Waals surface area (Å²) >= 11 is 9.87. The average Bonchev–Trinajstić information content (AvgIpc) is 2.41. The summed E-state index contributed by atoms with van der Waals surface area (Å²) in [6.07, 6.45) is 1.14. The molecule has 0 aliphatic carbocycles. The highest BCUT2D eigenvalue weighted by Crippen LogP contribution is 2.35. The van der Waals surface area contributed by atoms with Gasteiger partial charge in [0.2, 0.25) is 0 Å². The molecule has 1 aliphatic heterocycles. The largest absolute Gasteiger partial charge is 0.365 e. The van der Waals surface area contributed by atoms with Crippen LogP contribution in [-0.2, 0) is 0 Å². The van der Waals surface area contributed by atoms with E-state index in [9.17, 15) is 0 Å². The summed E-state index contributed by atoms with van der Waals surface area (Å²) in [6, 6.07) is 7.18. The maximum Gasteiger partial charge on any atom is 0.0595 e. The van der Waals surface area contributed by atoms with Crippen LogP contribution >= 0.6 is 27.5 Å². The van der Waals surface area contributed by atoms with E-state index in [2.05, 4.69) is 53.0 Å². The highest BCUT2D eigenvalue weighted by atomic mass is 79.9. The predicted molar refractivity (Wildman–Crippen MR) is 87.2 cm³/mol. The molecule has 0 amide bonds. The van der Waals surface area contributed by atoms with Gasteiger partial charge in [-0.15, -0.1) is 0 Å². The van der Waals surface area contributed by atoms with Gasteiger partial charge in [0.25, 0.3) is 0 Å². The summed E-state index contributed by atoms with van der Waals surface area (Å²) in [6.45, 7) is 8.87. The number of benzene rings is 1. The maximum absolute atomic E-state index is 6.23. The molecule has 0 bridgehead atoms. The van der Waals surface area contributed by atoms with Gasteiger partial charge in [-0.1, -0.05) is 38.4 Å². The lowest BCUT2D eigenvalue weighted by atomic mass is 9.98. The monoisotopic (exact) mass is 344 g/mol. The number of hydrogen-bond acceptors (Lipinski definition) is 2. The SMILES string of the molecule is CCC1CNC(C(C)C)CN1c1cccc(Cl)c1Br. The number of hydrogen-bond donors (Lipinski definition) is 1. The minimum Gasteiger partial charge on any atom is -0.365 e. The van der Waals surface area contributed by atoms with Gasteiger partial charge in [0.15, 0.2) is 0 Å². The molecule has 1 aromatic carbocycles. The zero-order valence-corrected chi connectivity index (χ0v) is 14.1. The lowest BCUT2D eigenvalue weighted by Gasteiger charge is -2.43. The van der Waals surface area contributed by atoms with Crippen molar-refractivity contribution in [1.29, 1.82) is 0 Å². The molecule has 1 N–H and O–H groups in total. The first-order valence-electron chi connectivity index (χ1n) is 6.98. The van der Waals surface area contributed by atoms with Gasteiger partial charge in [-0.05, 0) is 40.4 Å². The van der Waals surface area contributed by atoms with E-state index < -0.39 is 0 Å². The Morgan fingerprint density at radius 2 is 2.21 bits per heavy atom. The average molecular weight is 346 g/mol. The first kappa shape index (κ1) is 15.1. The van der Waals surface area contributed by atoms with Crippen LogP contribution in [0.3, 0.4) is 0 Å². The van der Waals surface area contributed by atoms with Crippen LogP contribution in [0.25, 0.3) is 0 Å². The Morgan fingerprint density at radius 1 is 1.47 bits per heavy atom. The minimum absolute atomic E-state index is 0.532. The van der Waals surface area contributed by atoms with E-state index in [4.69, 9.17) is 11.6 Å². The second-order valence-corrected chi connectivity index (χ2v) is 6.75. The van der Waals surface area contributed by atoms with Gasteiger partial charge in [0.05, 0.1) is 15.2 Å². The number of anilines is 1. The fourth-order valence-corrected chi connectivity index (χ4v) is 3.31. The Kier molecular flexibility index (Phi) is 5.15. The smallest absolute Gasteiger partial charge is 0.0595 e. The summed E-state index contributed by atoms with van der Waals surface area (Å²) in [7, 11) is 0. The Balaban J connectivity index is 2.30. The van der Waals surface area contributed by atoms with Crippen molar-refractivity contribution in [2.24, 2.45) is 5.92 Å². The molecule has 2 nitrogen and oxygen atoms in total. The summed E-state index contributed by atoms with van der Waals surface area (Å²) < 4.78 is 1.01. The van der Waals surface area contributed by atoms with Crippen molar-refractivity contribution in [1.82, 2.24) is 5.32 Å². The third-order valence-electron chi connectivity index (χ3n) is 3.97. The van der Waals surface area contributed by atoms with Crippen LogP contribution < -0.4 is 10.2 Å². The highest BCUT2D eigenvalue weighted by Gasteiger charge is 2.29. The lowest BCUT2D eigenvalue weighted by Crippen LogP contribution is -2.58. The molecule has 1 fully saturated rings. The van der Waals surface area contributed by atoms with Crippen LogP contribution in [0.1, 0.15) is 27.2 Å². The van der Waals surface area contributed by atoms with Crippen LogP contribution in [0.5, 0.6) is 0 Å². The van der Waals surface area contributed by atoms with E-state index in [0.717, 1.165) is 29.0 Å². The molecule has 0 radical (unpaired) electrons. The molecule has 1 aromatic rings. The fourth-order valence-electron chi connectivity index (χ4n) is 2.64. The van der Waals surface area contributed by atoms with Crippen LogP contribution in [0.4, 0.5) is 5.69 Å². The Hall–Kier alpha value is -0.250. The molecule has 2 unspecified atom stereocenters. The zero-order valence-electron chi connectivity index (χ0n) is 11.8. The third-order valence-corrected chi connectivity index (χ3v) is 5.34. The second kappa shape index (κ2) is 6.47. The van der Waals surface area contributed by atoms with E-state index in [1.165, 1.54) is 5.69 Å². The van der Waals surface area contributed by atoms with Gasteiger partial charge in [-0.3, -0.25) is 0 Å². The van der Waals surface area contributed by atoms with Gasteiger partial charge in [0.1, 0.15) is 0 Å². The van der Waals surface area contributed by atoms with Gasteiger partial charge in [-0.25, -0.2) is 0 Å². The summed E-state index contributed by atoms with van der Waals surface area (Å²) in [5.41, 5.74) is 1.21. The lowest BCUT2D eigenvalue weighted by molar-refractivity contribution is 0.325. The Labute approximate surface area is 129 Å². The highest BCUT2D eigenvalue weighted by molar-refractivity contribution is 9.10. The molecule has 0 saturated carbocycles. The van der Waals surface area contributed by atoms with Crippen molar-refractivity contribution >= 4 is 33.2 Å². The minimum atomic E-state index is 0.532. The van der Waals surface area contributed by atoms with Gasteiger partial charge >= 0.3 is 0 Å². The van der Waals surface area contributed by atoms with Crippen molar-refractivity contribution in [2.75, 3.05) is 18.0 Å². The molecule has 0 aromatic heterocycles. The summed E-state index contributed by atoms with van der Waals surface area (Å²) in [4.78, 5) is 2.50. The first-order chi connectivity index (χ1) is 9.04. The molecular formula is C15H22BrClN2. The van der Waals surface area contributed by atoms with E-state index >= 15 is 0 Å². The third kappa shape index (κ3) is 3.26. The van der Waals surface area contributed by atoms with Crippen LogP contribution in [0, 0.1) is 5.92 Å². The van der Waals surface area contributed by atoms with Crippen molar-refractivity contribution in [3.8, 4) is 0 Å². The van der Waals surface area contributed by atoms with Crippen molar-refractivity contribution in [3.05, 3.63) is 27.7 Å². The first-order valence-corrected chi connectivity index (χ1v) is 8.15. The molecule has 1 saturated heterocycles. The van der Waals surface area contributed by atoms with E-state index in [1.807, 2.05) is 12.1 Å². The van der Waals surface area contributed by atoms with E-state index in [-0.39, 0.29) is 0 Å². The molecule has 2 rings (SSSR count). The van der Waals surface area contributed by atoms with Crippen molar-refractivity contribution in [3.63, 3.8) is 0 Å². The van der Waals surface area contributed by atoms with Gasteiger partial charge in [-0.2, -0.15) is 0 Å². The molecule has 1 heterocycles. The second-order valence-electron chi connectivity index (χ2n) is 5.55. The van der Waals surface area contributed by atoms with E-state index in [1.54, 1.807) is 0 Å². The number of nitrogens with zero attached hydrogens (tertiary/aromatic N) is 1. The van der Waals surface area contributed by atoms with Crippen LogP contribution in [0.15, 0.2) is 22.7 Å². The summed E-state index contributed by atoms with van der Waals surface area (Å²) in [5, 5.41) is 4.45. The number of piperazine rings is 1. The molecule has 19 heavy (non-hydrogen) atoms. The van der Waals surface area contributed by atoms with Crippen molar-refractivity contribution < 1.29 is 0 Å². The van der Waals surface area contributed by atoms with Gasteiger partial charge < -0.3 is 10.2 Å². The number of rotatable bonds is 3. The molecule has 4 heteroatoms. The molecule has 106 valence electrons. The Bertz CT molecular complexity index is 436. The molecular weight excluding hydrogens is 324 g/mol. The molecule has 2 atom stereocenters. The molecule has 0 spiro atoms. The molecule has 1 aliphatic rings. The number of halogens is 2. The predicted octanol–water partition coefficient (Wildman–Crippen LogP) is 4.32. The van der Waals surface area contributed by atoms with Crippen LogP contribution in [-0.4, -0.2) is 25.2 Å². The zero-order chi connectivity index (χ0) is 14.0. The standard InChI is InChI=1S/C15H22BrClN2/c1-4-11-8-18-13(10(2)3)9-19(11)14-7-5-6-12(17)15(14)16/h5-7,10-11,13,18H,4,8-9H2,1-3H3. The van der Waals surface area contributed by atoms with Crippen molar-refractivity contribution in [2.45, 2.75) is 39.3 Å². The normalized spacial score (nSPS) is 24.0. The van der Waals surface area contributed by atoms with Crippen LogP contribution in [0.2, 0.25) is 5.02 Å². The summed E-state index contributed by atoms with van der Waals surface area (Å²) in [5.74, 6) is 0.637. The Morgan fingerprint density at radius 3 is 2.84 bits per heavy atom.